The van der Waals surface area contributed by atoms with Gasteiger partial charge in [-0.25, -0.2) is 0 Å². The molecular formula is C12H20N4O3. The number of anilines is 1. The average Bonchev–Trinajstić information content (AvgIpc) is 2.36. The second kappa shape index (κ2) is 5.83. The molecule has 19 heavy (non-hydrogen) atoms. The fourth-order valence-corrected chi connectivity index (χ4v) is 1.25. The Labute approximate surface area is 112 Å². The Morgan fingerprint density at radius 3 is 2.11 bits per heavy atom. The van der Waals surface area contributed by atoms with E-state index >= 15 is 0 Å². The first-order valence-electron chi connectivity index (χ1n) is 5.81. The molecule has 0 saturated carbocycles. The summed E-state index contributed by atoms with van der Waals surface area (Å²) in [5.41, 5.74) is 5.50. The van der Waals surface area contributed by atoms with E-state index in [1.54, 1.807) is 0 Å². The molecule has 3 N–H and O–H groups in total. The zero-order chi connectivity index (χ0) is 14.6. The molecule has 0 unspecified atom stereocenters. The molecule has 0 radical (unpaired) electrons. The van der Waals surface area contributed by atoms with Crippen molar-refractivity contribution in [3.05, 3.63) is 6.07 Å². The standard InChI is InChI=1S/C12H20N4O3/c1-12(2,3)9(13)10(17)16-11-14-7(18-4)6-8(15-11)19-5/h6,9H,13H2,1-5H3,(H,14,15,16,17)/t9-/m1/s1. The molecule has 1 aromatic heterocycles. The summed E-state index contributed by atoms with van der Waals surface area (Å²) < 4.78 is 9.99. The SMILES string of the molecule is COc1cc(OC)nc(NC(=O)[C@@H](N)C(C)(C)C)n1. The third-order valence-electron chi connectivity index (χ3n) is 2.55. The van der Waals surface area contributed by atoms with Crippen LogP contribution in [0, 0.1) is 5.41 Å². The minimum atomic E-state index is -0.673. The first kappa shape index (κ1) is 15.2. The maximum atomic E-state index is 12.0. The van der Waals surface area contributed by atoms with Crippen LogP contribution in [0.2, 0.25) is 0 Å². The fraction of sp³-hybridized carbons (Fsp3) is 0.583. The van der Waals surface area contributed by atoms with Gasteiger partial charge in [-0.3, -0.25) is 10.1 Å². The zero-order valence-corrected chi connectivity index (χ0v) is 11.9. The van der Waals surface area contributed by atoms with Crippen LogP contribution < -0.4 is 20.5 Å². The van der Waals surface area contributed by atoms with Gasteiger partial charge in [0.1, 0.15) is 0 Å². The molecule has 1 aromatic rings. The monoisotopic (exact) mass is 268 g/mol. The van der Waals surface area contributed by atoms with Crippen molar-refractivity contribution in [2.45, 2.75) is 26.8 Å². The summed E-state index contributed by atoms with van der Waals surface area (Å²) in [6.45, 7) is 5.64. The molecule has 0 aliphatic heterocycles. The predicted molar refractivity (Wildman–Crippen MR) is 71.2 cm³/mol. The summed E-state index contributed by atoms with van der Waals surface area (Å²) in [6.07, 6.45) is 0. The van der Waals surface area contributed by atoms with Gasteiger partial charge in [-0.2, -0.15) is 9.97 Å². The Bertz CT molecular complexity index is 435. The van der Waals surface area contributed by atoms with Gasteiger partial charge in [0.05, 0.1) is 26.3 Å². The minimum Gasteiger partial charge on any atom is -0.481 e. The van der Waals surface area contributed by atoms with Crippen LogP contribution in [-0.4, -0.2) is 36.1 Å². The highest BCUT2D eigenvalue weighted by molar-refractivity contribution is 5.93. The Balaban J connectivity index is 2.90. The molecule has 7 nitrogen and oxygen atoms in total. The highest BCUT2D eigenvalue weighted by Gasteiger charge is 2.28. The Hall–Kier alpha value is -1.89. The van der Waals surface area contributed by atoms with E-state index in [1.807, 2.05) is 20.8 Å². The summed E-state index contributed by atoms with van der Waals surface area (Å²) in [7, 11) is 2.93. The molecule has 1 heterocycles. The normalized spacial score (nSPS) is 12.7. The number of hydrogen-bond donors (Lipinski definition) is 2. The van der Waals surface area contributed by atoms with E-state index in [0.717, 1.165) is 0 Å². The summed E-state index contributed by atoms with van der Waals surface area (Å²) in [6, 6.07) is 0.840. The molecule has 1 atom stereocenters. The lowest BCUT2D eigenvalue weighted by atomic mass is 9.87. The predicted octanol–water partition coefficient (Wildman–Crippen LogP) is 0.806. The van der Waals surface area contributed by atoms with Crippen LogP contribution >= 0.6 is 0 Å². The van der Waals surface area contributed by atoms with E-state index in [4.69, 9.17) is 15.2 Å². The lowest BCUT2D eigenvalue weighted by Crippen LogP contribution is -2.45. The Morgan fingerprint density at radius 1 is 1.26 bits per heavy atom. The van der Waals surface area contributed by atoms with Crippen LogP contribution in [0.4, 0.5) is 5.95 Å². The van der Waals surface area contributed by atoms with Gasteiger partial charge in [0.25, 0.3) is 0 Å². The highest BCUT2D eigenvalue weighted by Crippen LogP contribution is 2.20. The van der Waals surface area contributed by atoms with Crippen molar-refractivity contribution in [1.82, 2.24) is 9.97 Å². The number of ether oxygens (including phenoxy) is 2. The molecule has 1 amide bonds. The quantitative estimate of drug-likeness (QED) is 0.838. The highest BCUT2D eigenvalue weighted by atomic mass is 16.5. The van der Waals surface area contributed by atoms with Crippen molar-refractivity contribution < 1.29 is 14.3 Å². The number of carbonyl (C=O) groups excluding carboxylic acids is 1. The largest absolute Gasteiger partial charge is 0.481 e. The lowest BCUT2D eigenvalue weighted by molar-refractivity contribution is -0.119. The van der Waals surface area contributed by atoms with Gasteiger partial charge in [-0.05, 0) is 5.41 Å². The summed E-state index contributed by atoms with van der Waals surface area (Å²) in [4.78, 5) is 20.0. The number of hydrogen-bond acceptors (Lipinski definition) is 6. The van der Waals surface area contributed by atoms with Crippen LogP contribution in [0.3, 0.4) is 0 Å². The molecule has 0 aliphatic rings. The average molecular weight is 268 g/mol. The lowest BCUT2D eigenvalue weighted by Gasteiger charge is -2.25. The van der Waals surface area contributed by atoms with Crippen molar-refractivity contribution >= 4 is 11.9 Å². The fourth-order valence-electron chi connectivity index (χ4n) is 1.25. The van der Waals surface area contributed by atoms with Gasteiger partial charge in [0, 0.05) is 0 Å². The number of nitrogens with one attached hydrogen (secondary N) is 1. The van der Waals surface area contributed by atoms with Gasteiger partial charge in [-0.15, -0.1) is 0 Å². The molecule has 0 aromatic carbocycles. The number of carbonyl (C=O) groups is 1. The summed E-state index contributed by atoms with van der Waals surface area (Å²) >= 11 is 0. The van der Waals surface area contributed by atoms with Gasteiger partial charge in [0.15, 0.2) is 0 Å². The minimum absolute atomic E-state index is 0.0981. The molecule has 0 aliphatic carbocycles. The molecule has 0 saturated heterocycles. The molecule has 0 bridgehead atoms. The van der Waals surface area contributed by atoms with E-state index in [9.17, 15) is 4.79 Å². The number of nitrogens with two attached hydrogens (primary N) is 1. The van der Waals surface area contributed by atoms with Crippen LogP contribution in [0.1, 0.15) is 20.8 Å². The Morgan fingerprint density at radius 2 is 1.74 bits per heavy atom. The summed E-state index contributed by atoms with van der Waals surface area (Å²) in [5, 5.41) is 2.55. The van der Waals surface area contributed by atoms with Crippen molar-refractivity contribution in [2.75, 3.05) is 19.5 Å². The zero-order valence-electron chi connectivity index (χ0n) is 11.9. The molecule has 0 fully saturated rings. The Kier molecular flexibility index (Phi) is 4.66. The second-order valence-electron chi connectivity index (χ2n) is 5.11. The van der Waals surface area contributed by atoms with E-state index in [0.29, 0.717) is 11.8 Å². The van der Waals surface area contributed by atoms with Crippen molar-refractivity contribution in [3.63, 3.8) is 0 Å². The van der Waals surface area contributed by atoms with Crippen LogP contribution in [0.15, 0.2) is 6.07 Å². The van der Waals surface area contributed by atoms with Crippen molar-refractivity contribution in [1.29, 1.82) is 0 Å². The molecule has 1 rings (SSSR count). The molecule has 0 spiro atoms. The van der Waals surface area contributed by atoms with Crippen LogP contribution in [0.5, 0.6) is 11.8 Å². The van der Waals surface area contributed by atoms with E-state index in [-0.39, 0.29) is 17.3 Å². The second-order valence-corrected chi connectivity index (χ2v) is 5.11. The van der Waals surface area contributed by atoms with Crippen LogP contribution in [0.25, 0.3) is 0 Å². The van der Waals surface area contributed by atoms with E-state index in [2.05, 4.69) is 15.3 Å². The smallest absolute Gasteiger partial charge is 0.244 e. The number of methoxy groups -OCH3 is 2. The maximum absolute atomic E-state index is 12.0. The van der Waals surface area contributed by atoms with Crippen LogP contribution in [-0.2, 0) is 4.79 Å². The third kappa shape index (κ3) is 4.06. The molecular weight excluding hydrogens is 248 g/mol. The number of aromatic nitrogens is 2. The van der Waals surface area contributed by atoms with Gasteiger partial charge in [0.2, 0.25) is 23.6 Å². The van der Waals surface area contributed by atoms with E-state index in [1.165, 1.54) is 20.3 Å². The number of rotatable bonds is 4. The van der Waals surface area contributed by atoms with Gasteiger partial charge < -0.3 is 15.2 Å². The first-order chi connectivity index (χ1) is 8.77. The molecule has 106 valence electrons. The van der Waals surface area contributed by atoms with Gasteiger partial charge >= 0.3 is 0 Å². The first-order valence-corrected chi connectivity index (χ1v) is 5.81. The molecule has 7 heteroatoms. The maximum Gasteiger partial charge on any atom is 0.244 e. The van der Waals surface area contributed by atoms with E-state index < -0.39 is 6.04 Å². The third-order valence-corrected chi connectivity index (χ3v) is 2.55. The van der Waals surface area contributed by atoms with Gasteiger partial charge in [-0.1, -0.05) is 20.8 Å². The van der Waals surface area contributed by atoms with Crippen molar-refractivity contribution in [2.24, 2.45) is 11.1 Å². The number of amides is 1. The summed E-state index contributed by atoms with van der Waals surface area (Å²) in [5.74, 6) is 0.335. The number of nitrogens with zero attached hydrogens (tertiary/aromatic N) is 2. The topological polar surface area (TPSA) is 99.4 Å². The van der Waals surface area contributed by atoms with Crippen molar-refractivity contribution in [3.8, 4) is 11.8 Å².